The summed E-state index contributed by atoms with van der Waals surface area (Å²) in [4.78, 5) is 14.3. The third-order valence-corrected chi connectivity index (χ3v) is 4.25. The Labute approximate surface area is 137 Å². The van der Waals surface area contributed by atoms with Gasteiger partial charge in [-0.15, -0.1) is 0 Å². The molecule has 0 amide bonds. The van der Waals surface area contributed by atoms with Crippen LogP contribution in [0.15, 0.2) is 71.8 Å². The maximum absolute atomic E-state index is 12.8. The molecule has 23 heavy (non-hydrogen) atoms. The van der Waals surface area contributed by atoms with Gasteiger partial charge in [-0.25, -0.2) is 0 Å². The van der Waals surface area contributed by atoms with Crippen LogP contribution in [-0.2, 0) is 4.79 Å². The van der Waals surface area contributed by atoms with Crippen molar-refractivity contribution in [1.29, 1.82) is 0 Å². The van der Waals surface area contributed by atoms with E-state index in [0.717, 1.165) is 41.9 Å². The lowest BCUT2D eigenvalue weighted by molar-refractivity contribution is -0.889. The van der Waals surface area contributed by atoms with Gasteiger partial charge in [-0.2, -0.15) is 0 Å². The predicted molar refractivity (Wildman–Crippen MR) is 95.1 cm³/mol. The second kappa shape index (κ2) is 7.21. The molecule has 0 aliphatic carbocycles. The monoisotopic (exact) mass is 304 g/mol. The number of likely N-dealkylation sites (tertiary alicyclic amines) is 1. The number of Topliss-reactive ketones (excluding diaryl/α,β-unsaturated/α-hetero) is 1. The minimum absolute atomic E-state index is 0.190. The Morgan fingerprint density at radius 2 is 1.26 bits per heavy atom. The molecule has 0 radical (unpaired) electrons. The van der Waals surface area contributed by atoms with Crippen LogP contribution in [-0.4, -0.2) is 25.4 Å². The third-order valence-electron chi connectivity index (χ3n) is 4.25. The number of ketones is 1. The standard InChI is InChI=1S/C21H21NO/c1-2-22-15-19(13-17-9-5-3-6-10-17)21(23)20(16-22)14-18-11-7-4-8-12-18/h3-14H,2,15-16H2,1H3/p+1/b19-13-,20-14?. The van der Waals surface area contributed by atoms with Crippen molar-refractivity contribution < 1.29 is 9.69 Å². The molecule has 0 bridgehead atoms. The third kappa shape index (κ3) is 3.85. The smallest absolute Gasteiger partial charge is 0.196 e. The molecule has 0 aromatic heterocycles. The largest absolute Gasteiger partial charge is 0.327 e. The zero-order valence-corrected chi connectivity index (χ0v) is 13.5. The highest BCUT2D eigenvalue weighted by Crippen LogP contribution is 2.15. The lowest BCUT2D eigenvalue weighted by Crippen LogP contribution is -3.13. The van der Waals surface area contributed by atoms with E-state index in [-0.39, 0.29) is 5.78 Å². The minimum atomic E-state index is 0.190. The SMILES string of the molecule is CC[NH+]1CC(=Cc2ccccc2)C(=O)/C(=C\c2ccccc2)C1. The number of hydrogen-bond acceptors (Lipinski definition) is 1. The number of carbonyl (C=O) groups is 1. The van der Waals surface area contributed by atoms with Gasteiger partial charge >= 0.3 is 0 Å². The Bertz CT molecular complexity index is 667. The van der Waals surface area contributed by atoms with Gasteiger partial charge in [0.1, 0.15) is 13.1 Å². The van der Waals surface area contributed by atoms with E-state index in [2.05, 4.69) is 6.92 Å². The van der Waals surface area contributed by atoms with Crippen LogP contribution >= 0.6 is 0 Å². The first-order valence-electron chi connectivity index (χ1n) is 8.16. The Morgan fingerprint density at radius 1 is 0.826 bits per heavy atom. The second-order valence-electron chi connectivity index (χ2n) is 5.95. The lowest BCUT2D eigenvalue weighted by atomic mass is 9.94. The van der Waals surface area contributed by atoms with Gasteiger partial charge in [0.15, 0.2) is 5.78 Å². The van der Waals surface area contributed by atoms with Crippen molar-refractivity contribution in [2.24, 2.45) is 0 Å². The van der Waals surface area contributed by atoms with E-state index in [4.69, 9.17) is 0 Å². The molecule has 1 aliphatic rings. The normalized spacial score (nSPS) is 21.8. The second-order valence-corrected chi connectivity index (χ2v) is 5.95. The van der Waals surface area contributed by atoms with E-state index in [1.165, 1.54) is 4.90 Å². The fraction of sp³-hybridized carbons (Fsp3) is 0.190. The number of piperidine rings is 1. The molecule has 2 aromatic carbocycles. The number of carbonyl (C=O) groups excluding carboxylic acids is 1. The highest BCUT2D eigenvalue weighted by Gasteiger charge is 2.28. The molecule has 1 atom stereocenters. The summed E-state index contributed by atoms with van der Waals surface area (Å²) in [5, 5.41) is 0. The van der Waals surface area contributed by atoms with Gasteiger partial charge < -0.3 is 4.90 Å². The van der Waals surface area contributed by atoms with Crippen LogP contribution < -0.4 is 4.90 Å². The van der Waals surface area contributed by atoms with E-state index in [0.29, 0.717) is 0 Å². The quantitative estimate of drug-likeness (QED) is 0.865. The summed E-state index contributed by atoms with van der Waals surface area (Å²) < 4.78 is 0. The highest BCUT2D eigenvalue weighted by atomic mass is 16.1. The van der Waals surface area contributed by atoms with Crippen LogP contribution in [0.3, 0.4) is 0 Å². The average Bonchev–Trinajstić information content (AvgIpc) is 2.60. The molecule has 1 unspecified atom stereocenters. The van der Waals surface area contributed by atoms with Crippen LogP contribution in [0, 0.1) is 0 Å². The minimum Gasteiger partial charge on any atom is -0.327 e. The van der Waals surface area contributed by atoms with Gasteiger partial charge in [-0.3, -0.25) is 4.79 Å². The fourth-order valence-electron chi connectivity index (χ4n) is 2.95. The average molecular weight is 304 g/mol. The first kappa shape index (κ1) is 15.4. The molecule has 3 rings (SSSR count). The topological polar surface area (TPSA) is 21.5 Å². The van der Waals surface area contributed by atoms with Crippen LogP contribution in [0.5, 0.6) is 0 Å². The molecule has 1 N–H and O–H groups in total. The predicted octanol–water partition coefficient (Wildman–Crippen LogP) is 2.64. The van der Waals surface area contributed by atoms with E-state index < -0.39 is 0 Å². The number of likely N-dealkylation sites (N-methyl/N-ethyl adjacent to an activating group) is 1. The fourth-order valence-corrected chi connectivity index (χ4v) is 2.95. The van der Waals surface area contributed by atoms with E-state index in [9.17, 15) is 4.79 Å². The maximum Gasteiger partial charge on any atom is 0.196 e. The Morgan fingerprint density at radius 3 is 1.65 bits per heavy atom. The molecule has 2 aromatic rings. The summed E-state index contributed by atoms with van der Waals surface area (Å²) in [5.41, 5.74) is 3.99. The van der Waals surface area contributed by atoms with Crippen LogP contribution in [0.4, 0.5) is 0 Å². The summed E-state index contributed by atoms with van der Waals surface area (Å²) in [7, 11) is 0. The molecule has 2 nitrogen and oxygen atoms in total. The van der Waals surface area contributed by atoms with Gasteiger partial charge in [-0.1, -0.05) is 60.7 Å². The van der Waals surface area contributed by atoms with Crippen molar-refractivity contribution in [3.8, 4) is 0 Å². The Kier molecular flexibility index (Phi) is 4.84. The molecule has 2 heteroatoms. The molecule has 1 saturated heterocycles. The highest BCUT2D eigenvalue weighted by molar-refractivity contribution is 6.14. The molecule has 1 aliphatic heterocycles. The summed E-state index contributed by atoms with van der Waals surface area (Å²) >= 11 is 0. The van der Waals surface area contributed by atoms with E-state index in [1.54, 1.807) is 0 Å². The summed E-state index contributed by atoms with van der Waals surface area (Å²) in [6, 6.07) is 20.2. The summed E-state index contributed by atoms with van der Waals surface area (Å²) in [5.74, 6) is 0.190. The van der Waals surface area contributed by atoms with E-state index in [1.807, 2.05) is 72.8 Å². The van der Waals surface area contributed by atoms with Crippen molar-refractivity contribution in [2.45, 2.75) is 6.92 Å². The number of rotatable bonds is 3. The first-order chi connectivity index (χ1) is 11.3. The van der Waals surface area contributed by atoms with Crippen LogP contribution in [0.25, 0.3) is 12.2 Å². The van der Waals surface area contributed by atoms with Crippen molar-refractivity contribution in [1.82, 2.24) is 0 Å². The van der Waals surface area contributed by atoms with Crippen molar-refractivity contribution >= 4 is 17.9 Å². The van der Waals surface area contributed by atoms with Gasteiger partial charge in [0, 0.05) is 0 Å². The van der Waals surface area contributed by atoms with Crippen molar-refractivity contribution in [3.63, 3.8) is 0 Å². The van der Waals surface area contributed by atoms with Crippen molar-refractivity contribution in [2.75, 3.05) is 19.6 Å². The first-order valence-corrected chi connectivity index (χ1v) is 8.16. The molecular formula is C21H22NO+. The maximum atomic E-state index is 12.8. The summed E-state index contributed by atoms with van der Waals surface area (Å²) in [6.07, 6.45) is 4.08. The van der Waals surface area contributed by atoms with Gasteiger partial charge in [0.25, 0.3) is 0 Å². The number of benzene rings is 2. The van der Waals surface area contributed by atoms with Crippen LogP contribution in [0.1, 0.15) is 18.1 Å². The molecule has 1 heterocycles. The molecule has 0 saturated carbocycles. The lowest BCUT2D eigenvalue weighted by Gasteiger charge is -2.25. The van der Waals surface area contributed by atoms with Crippen molar-refractivity contribution in [3.05, 3.63) is 82.9 Å². The molecule has 116 valence electrons. The number of quaternary nitrogens is 1. The molecule has 1 fully saturated rings. The molecular weight excluding hydrogens is 282 g/mol. The van der Waals surface area contributed by atoms with Crippen LogP contribution in [0.2, 0.25) is 0 Å². The zero-order chi connectivity index (χ0) is 16.1. The Balaban J connectivity index is 1.94. The number of hydrogen-bond donors (Lipinski definition) is 1. The Hall–Kier alpha value is -2.45. The van der Waals surface area contributed by atoms with Gasteiger partial charge in [0.2, 0.25) is 0 Å². The van der Waals surface area contributed by atoms with Gasteiger partial charge in [-0.05, 0) is 30.2 Å². The van der Waals surface area contributed by atoms with E-state index >= 15 is 0 Å². The zero-order valence-electron chi connectivity index (χ0n) is 13.5. The van der Waals surface area contributed by atoms with Gasteiger partial charge in [0.05, 0.1) is 17.7 Å². The number of nitrogens with one attached hydrogen (secondary N) is 1. The molecule has 0 spiro atoms. The summed E-state index contributed by atoms with van der Waals surface area (Å²) in [6.45, 7) is 4.80.